The van der Waals surface area contributed by atoms with E-state index in [-0.39, 0.29) is 166 Å². The maximum atomic E-state index is 15.3. The van der Waals surface area contributed by atoms with E-state index in [9.17, 15) is 77.3 Å². The number of fused-ring (bicyclic) bond motifs is 1. The number of nitrogens with one attached hydrogen (secondary N) is 17. The van der Waals surface area contributed by atoms with Crippen molar-refractivity contribution in [1.82, 2.24) is 79.8 Å². The summed E-state index contributed by atoms with van der Waals surface area (Å²) in [6.45, 7) is 8.53. The van der Waals surface area contributed by atoms with Gasteiger partial charge in [-0.2, -0.15) is 0 Å². The summed E-state index contributed by atoms with van der Waals surface area (Å²) in [7, 11) is 3.83. The summed E-state index contributed by atoms with van der Waals surface area (Å²) in [4.78, 5) is 241. The van der Waals surface area contributed by atoms with Gasteiger partial charge >= 0.3 is 5.97 Å². The van der Waals surface area contributed by atoms with E-state index in [2.05, 4.69) is 79.8 Å². The number of benzene rings is 4. The summed E-state index contributed by atoms with van der Waals surface area (Å²) in [5.74, 6) is -17.8. The summed E-state index contributed by atoms with van der Waals surface area (Å²) in [5, 5.41) is 77.7. The van der Waals surface area contributed by atoms with Crippen LogP contribution in [-0.2, 0) is 89.6 Å². The molecule has 0 aromatic heterocycles. The number of primary amides is 3. The fourth-order valence-corrected chi connectivity index (χ4v) is 14.8. The lowest BCUT2D eigenvalue weighted by molar-refractivity contribution is -0.143. The average Bonchev–Trinajstić information content (AvgIpc) is 0.815. The summed E-state index contributed by atoms with van der Waals surface area (Å²) in [6.07, 6.45) is -3.43. The van der Waals surface area contributed by atoms with Gasteiger partial charge in [0.25, 0.3) is 0 Å². The van der Waals surface area contributed by atoms with Gasteiger partial charge < -0.3 is 141 Å². The quantitative estimate of drug-likeness (QED) is 0.00887. The summed E-state index contributed by atoms with van der Waals surface area (Å²) in [5.41, 5.74) is 47.5. The molecule has 0 heterocycles. The maximum absolute atomic E-state index is 15.3. The lowest BCUT2D eigenvalue weighted by Crippen LogP contribution is -2.62. The Hall–Kier alpha value is -13.5. The number of rotatable bonds is 68. The average molecular weight is 1930 g/mol. The van der Waals surface area contributed by atoms with E-state index in [0.29, 0.717) is 36.0 Å². The maximum Gasteiger partial charge on any atom is 0.326 e. The van der Waals surface area contributed by atoms with Gasteiger partial charge in [0.05, 0.1) is 18.6 Å². The Morgan fingerprint density at radius 1 is 0.348 bits per heavy atom. The normalized spacial score (nSPS) is 14.2. The first-order chi connectivity index (χ1) is 65.4. The van der Waals surface area contributed by atoms with Gasteiger partial charge in [-0.1, -0.05) is 107 Å². The van der Waals surface area contributed by atoms with Gasteiger partial charge in [0.2, 0.25) is 88.6 Å². The summed E-state index contributed by atoms with van der Waals surface area (Å²) >= 11 is 0. The smallest absolute Gasteiger partial charge is 0.326 e. The van der Waals surface area contributed by atoms with Crippen LogP contribution in [0.15, 0.2) is 97.1 Å². The van der Waals surface area contributed by atoms with E-state index in [1.807, 2.05) is 43.3 Å². The Morgan fingerprint density at radius 2 is 0.681 bits per heavy atom. The number of aliphatic carboxylic acids is 1. The molecule has 4 rings (SSSR count). The van der Waals surface area contributed by atoms with Gasteiger partial charge in [0, 0.05) is 77.1 Å². The molecular weight excluding hydrogens is 1790 g/mol. The molecular formula is C93H146N26O19. The van der Waals surface area contributed by atoms with E-state index in [1.54, 1.807) is 100 Å². The summed E-state index contributed by atoms with van der Waals surface area (Å²) in [6, 6.07) is 7.60. The van der Waals surface area contributed by atoms with E-state index in [0.717, 1.165) is 23.4 Å². The van der Waals surface area contributed by atoms with Crippen molar-refractivity contribution in [1.29, 1.82) is 10.8 Å². The van der Waals surface area contributed by atoms with Crippen molar-refractivity contribution in [3.05, 3.63) is 114 Å². The second-order valence-electron chi connectivity index (χ2n) is 35.2. The zero-order chi connectivity index (χ0) is 103. The van der Waals surface area contributed by atoms with Crippen molar-refractivity contribution in [3.63, 3.8) is 0 Å². The Labute approximate surface area is 804 Å². The zero-order valence-electron chi connectivity index (χ0n) is 79.9. The highest BCUT2D eigenvalue weighted by molar-refractivity contribution is 6.03. The van der Waals surface area contributed by atoms with E-state index in [1.165, 1.54) is 0 Å². The SMILES string of the molecule is CC(C)C[C@H](NC(=O)[C@H](CCCCN)NC(=O)[C@H](CCCNC(=N)N)NC(=O)[C@H](CCC(N)=O)NCCC(=O)c1ccc2cc(N(C)C)ccc2c1)C(=O)N[C@@H](Cc1ccccc1)C(=O)N[C@@H](Cc1ccccc1)C(=O)N[C@@H](CC(N)=O)C(=O)N[C@@H](CC(C)C)C(=O)N[C@@H](CCCNC(=N)N)C(=O)N[C@@H](CCCCN)C(=O)N[C@H](C(=O)N[C@@H](CCCCN)C(=O)N[C@@H](CCC(N)=O)C(=O)O)[C@@H](C)O. The number of aliphatic hydroxyl groups excluding tert-OH is 1. The molecule has 0 saturated heterocycles. The van der Waals surface area contributed by atoms with Crippen LogP contribution in [0.2, 0.25) is 0 Å². The minimum Gasteiger partial charge on any atom is -0.480 e. The van der Waals surface area contributed by atoms with Gasteiger partial charge in [-0.15, -0.1) is 0 Å². The molecule has 0 radical (unpaired) electrons. The fraction of sp³-hybridized carbons (Fsp3) is 0.559. The molecule has 0 bridgehead atoms. The van der Waals surface area contributed by atoms with Gasteiger partial charge in [-0.05, 0) is 188 Å². The monoisotopic (exact) mass is 1930 g/mol. The number of anilines is 1. The zero-order valence-corrected chi connectivity index (χ0v) is 79.9. The van der Waals surface area contributed by atoms with Crippen LogP contribution < -0.4 is 131 Å². The van der Waals surface area contributed by atoms with Crippen molar-refractivity contribution in [2.24, 2.45) is 57.7 Å². The minimum absolute atomic E-state index is 0.0133. The standard InChI is InChI=1S/C93H146N26O19/c1-53(2)46-69(85(131)110-67(30-21-44-106-93(102)103)81(127)109-65(28-16-19-42-96)84(130)118-78(55(5)120)90(136)111-64(27-15-18-41-95)82(128)112-68(91(137)138)36-38-76(98)123)114-89(135)73(52-77(99)124)117-88(134)72(49-57-24-12-9-13-25-57)116-87(133)71(48-56-22-10-8-11-23-56)115-86(132)70(47-54(3)4)113-83(129)63(26-14-17-40-94)108-80(126)66(29-20-43-105-92(100)101)107-79(125)62(35-37-75(97)122)104-45-39-74(121)60-32-31-59-51-61(119(6)7)34-33-58(59)50-60/h8-13,22-25,31-34,50-51,53-55,62-73,78,104,120H,14-21,26-30,35-49,52,94-96H2,1-7H3,(H2,97,122)(H2,98,123)(H2,99,124)(H,107,125)(H,108,126)(H,109,127)(H,110,131)(H,111,136)(H,112,128)(H,113,129)(H,114,135)(H,115,132)(H,116,133)(H,117,134)(H,118,130)(H,137,138)(H4,100,101,105)(H4,102,103,106)/t55-,62+,63+,64+,65+,66+,67+,68+,69+,70+,71+,72+,73+,78+/m1/s1. The molecule has 0 aliphatic heterocycles. The van der Waals surface area contributed by atoms with Crippen LogP contribution in [-0.4, -0.2) is 261 Å². The third-order valence-electron chi connectivity index (χ3n) is 22.3. The highest BCUT2D eigenvalue weighted by atomic mass is 16.4. The second kappa shape index (κ2) is 62.3. The largest absolute Gasteiger partial charge is 0.480 e. The molecule has 0 saturated carbocycles. The summed E-state index contributed by atoms with van der Waals surface area (Å²) < 4.78 is 0. The molecule has 0 unspecified atom stereocenters. The molecule has 0 spiro atoms. The second-order valence-corrected chi connectivity index (χ2v) is 35.2. The lowest BCUT2D eigenvalue weighted by atomic mass is 9.99. The van der Waals surface area contributed by atoms with E-state index in [4.69, 9.17) is 56.7 Å². The van der Waals surface area contributed by atoms with Crippen LogP contribution in [0.25, 0.3) is 10.8 Å². The predicted octanol–water partition coefficient (Wildman–Crippen LogP) is -3.38. The van der Waals surface area contributed by atoms with Crippen LogP contribution in [0, 0.1) is 22.7 Å². The van der Waals surface area contributed by atoms with Gasteiger partial charge in [-0.3, -0.25) is 87.5 Å². The van der Waals surface area contributed by atoms with Crippen LogP contribution >= 0.6 is 0 Å². The number of hydrogen-bond donors (Lipinski definition) is 27. The Bertz CT molecular complexity index is 4700. The molecule has 4 aromatic carbocycles. The first-order valence-electron chi connectivity index (χ1n) is 46.7. The number of nitrogens with zero attached hydrogens (tertiary/aromatic N) is 1. The molecule has 4 aromatic rings. The number of aliphatic hydroxyl groups is 1. The number of hydrogen-bond acceptors (Lipinski definition) is 25. The van der Waals surface area contributed by atoms with Gasteiger partial charge in [0.1, 0.15) is 72.5 Å². The third-order valence-corrected chi connectivity index (χ3v) is 22.3. The van der Waals surface area contributed by atoms with Crippen LogP contribution in [0.3, 0.4) is 0 Å². The lowest BCUT2D eigenvalue weighted by Gasteiger charge is -2.29. The van der Waals surface area contributed by atoms with Crippen molar-refractivity contribution < 1.29 is 91.7 Å². The molecule has 45 heteroatoms. The Morgan fingerprint density at radius 3 is 1.06 bits per heavy atom. The number of nitrogens with two attached hydrogens (primary N) is 8. The fourth-order valence-electron chi connectivity index (χ4n) is 14.8. The van der Waals surface area contributed by atoms with Crippen molar-refractivity contribution in [3.8, 4) is 0 Å². The van der Waals surface area contributed by atoms with Crippen LogP contribution in [0.4, 0.5) is 5.69 Å². The van der Waals surface area contributed by atoms with E-state index < -0.39 is 210 Å². The highest BCUT2D eigenvalue weighted by Gasteiger charge is 2.40. The number of carbonyl (C=O) groups excluding carboxylic acids is 16. The Kier molecular flexibility index (Phi) is 52.7. The first-order valence-corrected chi connectivity index (χ1v) is 46.7. The molecule has 0 aliphatic rings. The Balaban J connectivity index is 1.68. The van der Waals surface area contributed by atoms with Gasteiger partial charge in [-0.25, -0.2) is 4.79 Å². The number of carbonyl (C=O) groups is 17. The topological polar surface area (TPSA) is 770 Å². The number of carboxylic acid groups (broad SMARTS) is 1. The molecule has 35 N–H and O–H groups in total. The number of unbranched alkanes of at least 4 members (excludes halogenated alkanes) is 3. The molecule has 762 valence electrons. The minimum atomic E-state index is -1.90. The van der Waals surface area contributed by atoms with Gasteiger partial charge in [0.15, 0.2) is 17.7 Å². The third kappa shape index (κ3) is 44.5. The number of amides is 15. The molecule has 138 heavy (non-hydrogen) atoms. The predicted molar refractivity (Wildman–Crippen MR) is 518 cm³/mol. The van der Waals surface area contributed by atoms with Crippen molar-refractivity contribution >= 4 is 129 Å². The molecule has 45 nitrogen and oxygen atoms in total. The number of guanidine groups is 2. The van der Waals surface area contributed by atoms with Crippen LogP contribution in [0.1, 0.15) is 191 Å². The molecule has 15 amide bonds. The molecule has 0 fully saturated rings. The number of Topliss-reactive ketones (excluding diaryl/α,β-unsaturated/α-hetero) is 1. The van der Waals surface area contributed by atoms with E-state index >= 15 is 14.4 Å². The van der Waals surface area contributed by atoms with Crippen molar-refractivity contribution in [2.45, 2.75) is 267 Å². The number of carboxylic acids is 1. The van der Waals surface area contributed by atoms with Crippen LogP contribution in [0.5, 0.6) is 0 Å². The first kappa shape index (κ1) is 117. The number of ketones is 1. The highest BCUT2D eigenvalue weighted by Crippen LogP contribution is 2.24. The molecule has 0 aliphatic carbocycles. The van der Waals surface area contributed by atoms with Crippen molar-refractivity contribution in [2.75, 3.05) is 58.3 Å². The molecule has 14 atom stereocenters.